The van der Waals surface area contributed by atoms with E-state index in [0.717, 1.165) is 6.07 Å². The number of hydrogen-bond donors (Lipinski definition) is 2. The van der Waals surface area contributed by atoms with E-state index in [9.17, 15) is 13.9 Å². The second kappa shape index (κ2) is 6.12. The molecule has 0 aliphatic carbocycles. The third kappa shape index (κ3) is 3.70. The first kappa shape index (κ1) is 13.3. The van der Waals surface area contributed by atoms with Gasteiger partial charge in [0.1, 0.15) is 12.7 Å². The van der Waals surface area contributed by atoms with Crippen molar-refractivity contribution in [1.29, 1.82) is 0 Å². The Morgan fingerprint density at radius 2 is 2.19 bits per heavy atom. The number of ether oxygens (including phenoxy) is 1. The molecule has 1 atom stereocenters. The quantitative estimate of drug-likeness (QED) is 0.812. The molecule has 0 fully saturated rings. The third-order valence-electron chi connectivity index (χ3n) is 1.83. The van der Waals surface area contributed by atoms with Crippen molar-refractivity contribution in [3.05, 3.63) is 28.2 Å². The summed E-state index contributed by atoms with van der Waals surface area (Å²) in [5, 5.41) is 12.1. The summed E-state index contributed by atoms with van der Waals surface area (Å²) in [5.74, 6) is -2.27. The van der Waals surface area contributed by atoms with Crippen LogP contribution in [0.15, 0.2) is 16.6 Å². The van der Waals surface area contributed by atoms with E-state index in [1.165, 1.54) is 6.07 Å². The molecule has 0 radical (unpaired) electrons. The minimum absolute atomic E-state index is 0.104. The van der Waals surface area contributed by atoms with Gasteiger partial charge in [-0.3, -0.25) is 0 Å². The van der Waals surface area contributed by atoms with Gasteiger partial charge in [0.15, 0.2) is 11.6 Å². The molecule has 3 nitrogen and oxygen atoms in total. The number of likely N-dealkylation sites (N-methyl/N-ethyl adjacent to an activating group) is 1. The standard InChI is InChI=1S/C10H12BrF2NO2/c1-14-4-7(15)5-16-9-3-6(11)2-8(12)10(9)13/h2-3,7,14-15H,4-5H2,1H3. The molecule has 0 aromatic heterocycles. The van der Waals surface area contributed by atoms with Crippen molar-refractivity contribution in [2.75, 3.05) is 20.2 Å². The molecular weight excluding hydrogens is 284 g/mol. The predicted molar refractivity (Wildman–Crippen MR) is 59.5 cm³/mol. The lowest BCUT2D eigenvalue weighted by Gasteiger charge is -2.12. The number of benzene rings is 1. The van der Waals surface area contributed by atoms with Crippen LogP contribution in [0.3, 0.4) is 0 Å². The Kier molecular flexibility index (Phi) is 5.11. The third-order valence-corrected chi connectivity index (χ3v) is 2.29. The monoisotopic (exact) mass is 295 g/mol. The molecule has 2 N–H and O–H groups in total. The van der Waals surface area contributed by atoms with Crippen molar-refractivity contribution in [1.82, 2.24) is 5.32 Å². The molecule has 0 aliphatic heterocycles. The van der Waals surface area contributed by atoms with E-state index in [0.29, 0.717) is 11.0 Å². The first-order valence-electron chi connectivity index (χ1n) is 4.64. The number of aliphatic hydroxyl groups excluding tert-OH is 1. The lowest BCUT2D eigenvalue weighted by molar-refractivity contribution is 0.105. The Labute approximate surface area is 101 Å². The van der Waals surface area contributed by atoms with Crippen LogP contribution in [0.4, 0.5) is 8.78 Å². The van der Waals surface area contributed by atoms with Crippen molar-refractivity contribution < 1.29 is 18.6 Å². The van der Waals surface area contributed by atoms with E-state index in [4.69, 9.17) is 4.74 Å². The van der Waals surface area contributed by atoms with Gasteiger partial charge in [-0.2, -0.15) is 4.39 Å². The molecule has 0 bridgehead atoms. The fraction of sp³-hybridized carbons (Fsp3) is 0.400. The van der Waals surface area contributed by atoms with Gasteiger partial charge >= 0.3 is 0 Å². The van der Waals surface area contributed by atoms with E-state index in [2.05, 4.69) is 21.2 Å². The molecule has 90 valence electrons. The van der Waals surface area contributed by atoms with Crippen LogP contribution < -0.4 is 10.1 Å². The first-order chi connectivity index (χ1) is 7.54. The van der Waals surface area contributed by atoms with Gasteiger partial charge in [-0.15, -0.1) is 0 Å². The van der Waals surface area contributed by atoms with Gasteiger partial charge in [-0.05, 0) is 19.2 Å². The normalized spacial score (nSPS) is 12.6. The van der Waals surface area contributed by atoms with Gasteiger partial charge in [-0.1, -0.05) is 15.9 Å². The number of aliphatic hydroxyl groups is 1. The van der Waals surface area contributed by atoms with E-state index >= 15 is 0 Å². The van der Waals surface area contributed by atoms with E-state index in [1.807, 2.05) is 0 Å². The molecule has 1 aromatic rings. The average Bonchev–Trinajstić information content (AvgIpc) is 2.21. The van der Waals surface area contributed by atoms with Gasteiger partial charge in [0.2, 0.25) is 5.82 Å². The van der Waals surface area contributed by atoms with Crippen LogP contribution in [0.2, 0.25) is 0 Å². The Bertz CT molecular complexity index is 363. The lowest BCUT2D eigenvalue weighted by atomic mass is 10.3. The molecule has 1 rings (SSSR count). The number of rotatable bonds is 5. The fourth-order valence-electron chi connectivity index (χ4n) is 1.12. The predicted octanol–water partition coefficient (Wildman–Crippen LogP) is 1.69. The van der Waals surface area contributed by atoms with E-state index in [-0.39, 0.29) is 12.4 Å². The number of halogens is 3. The molecule has 0 spiro atoms. The van der Waals surface area contributed by atoms with Crippen LogP contribution in [0.1, 0.15) is 0 Å². The largest absolute Gasteiger partial charge is 0.488 e. The summed E-state index contributed by atoms with van der Waals surface area (Å²) in [4.78, 5) is 0. The summed E-state index contributed by atoms with van der Waals surface area (Å²) in [6.07, 6.45) is -0.772. The number of hydrogen-bond acceptors (Lipinski definition) is 3. The zero-order chi connectivity index (χ0) is 12.1. The van der Waals surface area contributed by atoms with Crippen molar-refractivity contribution in [3.63, 3.8) is 0 Å². The first-order valence-corrected chi connectivity index (χ1v) is 5.44. The zero-order valence-electron chi connectivity index (χ0n) is 8.64. The van der Waals surface area contributed by atoms with Crippen LogP contribution in [-0.4, -0.2) is 31.4 Å². The van der Waals surface area contributed by atoms with Gasteiger partial charge in [0, 0.05) is 11.0 Å². The molecule has 6 heteroatoms. The zero-order valence-corrected chi connectivity index (χ0v) is 10.2. The molecule has 0 aliphatic rings. The molecule has 0 heterocycles. The summed E-state index contributed by atoms with van der Waals surface area (Å²) in [7, 11) is 1.67. The van der Waals surface area contributed by atoms with E-state index < -0.39 is 17.7 Å². The highest BCUT2D eigenvalue weighted by Gasteiger charge is 2.12. The summed E-state index contributed by atoms with van der Waals surface area (Å²) in [6.45, 7) is 0.214. The minimum Gasteiger partial charge on any atom is -0.488 e. The van der Waals surface area contributed by atoms with Crippen LogP contribution in [0.25, 0.3) is 0 Å². The fourth-order valence-corrected chi connectivity index (χ4v) is 1.53. The van der Waals surface area contributed by atoms with Crippen LogP contribution >= 0.6 is 15.9 Å². The highest BCUT2D eigenvalue weighted by molar-refractivity contribution is 9.10. The van der Waals surface area contributed by atoms with Crippen LogP contribution in [0.5, 0.6) is 5.75 Å². The van der Waals surface area contributed by atoms with Crippen molar-refractivity contribution in [3.8, 4) is 5.75 Å². The minimum atomic E-state index is -1.06. The maximum atomic E-state index is 13.2. The molecule has 0 saturated heterocycles. The maximum Gasteiger partial charge on any atom is 0.200 e. The summed E-state index contributed by atoms with van der Waals surface area (Å²) >= 11 is 3.02. The van der Waals surface area contributed by atoms with Crippen molar-refractivity contribution in [2.45, 2.75) is 6.10 Å². The van der Waals surface area contributed by atoms with Gasteiger partial charge < -0.3 is 15.2 Å². The van der Waals surface area contributed by atoms with Gasteiger partial charge in [0.25, 0.3) is 0 Å². The summed E-state index contributed by atoms with van der Waals surface area (Å²) < 4.78 is 31.5. The van der Waals surface area contributed by atoms with Gasteiger partial charge in [0.05, 0.1) is 0 Å². The molecule has 16 heavy (non-hydrogen) atoms. The molecule has 1 aromatic carbocycles. The van der Waals surface area contributed by atoms with Crippen LogP contribution in [-0.2, 0) is 0 Å². The molecule has 1 unspecified atom stereocenters. The lowest BCUT2D eigenvalue weighted by Crippen LogP contribution is -2.29. The average molecular weight is 296 g/mol. The second-order valence-electron chi connectivity index (χ2n) is 3.22. The summed E-state index contributed by atoms with van der Waals surface area (Å²) in [5.41, 5.74) is 0. The maximum absolute atomic E-state index is 13.2. The number of nitrogens with one attached hydrogen (secondary N) is 1. The van der Waals surface area contributed by atoms with Crippen molar-refractivity contribution in [2.24, 2.45) is 0 Å². The molecular formula is C10H12BrF2NO2. The molecule has 0 saturated carbocycles. The Morgan fingerprint density at radius 1 is 1.50 bits per heavy atom. The van der Waals surface area contributed by atoms with Gasteiger partial charge in [-0.25, -0.2) is 4.39 Å². The Morgan fingerprint density at radius 3 is 2.81 bits per heavy atom. The Balaban J connectivity index is 2.66. The SMILES string of the molecule is CNCC(O)COc1cc(Br)cc(F)c1F. The van der Waals surface area contributed by atoms with Crippen molar-refractivity contribution >= 4 is 15.9 Å². The smallest absolute Gasteiger partial charge is 0.200 e. The highest BCUT2D eigenvalue weighted by atomic mass is 79.9. The second-order valence-corrected chi connectivity index (χ2v) is 4.14. The highest BCUT2D eigenvalue weighted by Crippen LogP contribution is 2.25. The van der Waals surface area contributed by atoms with Crippen LogP contribution in [0, 0.1) is 11.6 Å². The molecule has 0 amide bonds. The Hall–Kier alpha value is -0.720. The van der Waals surface area contributed by atoms with E-state index in [1.54, 1.807) is 7.05 Å². The summed E-state index contributed by atoms with van der Waals surface area (Å²) in [6, 6.07) is 2.32. The topological polar surface area (TPSA) is 41.5 Å².